The number of rotatable bonds is 2. The van der Waals surface area contributed by atoms with Gasteiger partial charge in [-0.15, -0.1) is 0 Å². The molecule has 0 aliphatic rings. The zero-order valence-electron chi connectivity index (χ0n) is 8.56. The van der Waals surface area contributed by atoms with Crippen molar-refractivity contribution >= 4 is 10.9 Å². The SMILES string of the molecule is Fc1ccc2ccn(Cc3ccco3)c2c1. The number of halogens is 1. The first-order chi connectivity index (χ1) is 7.83. The van der Waals surface area contributed by atoms with E-state index in [2.05, 4.69) is 0 Å². The fraction of sp³-hybridized carbons (Fsp3) is 0.0769. The highest BCUT2D eigenvalue weighted by molar-refractivity contribution is 5.80. The van der Waals surface area contributed by atoms with Gasteiger partial charge in [-0.25, -0.2) is 4.39 Å². The summed E-state index contributed by atoms with van der Waals surface area (Å²) in [6, 6.07) is 10.5. The second-order valence-electron chi connectivity index (χ2n) is 3.73. The summed E-state index contributed by atoms with van der Waals surface area (Å²) < 4.78 is 20.4. The van der Waals surface area contributed by atoms with Gasteiger partial charge in [-0.3, -0.25) is 0 Å². The molecule has 80 valence electrons. The van der Waals surface area contributed by atoms with Gasteiger partial charge in [0.15, 0.2) is 0 Å². The molecular weight excluding hydrogens is 205 g/mol. The molecule has 0 spiro atoms. The van der Waals surface area contributed by atoms with Crippen molar-refractivity contribution < 1.29 is 8.81 Å². The lowest BCUT2D eigenvalue weighted by Crippen LogP contribution is -1.96. The highest BCUT2D eigenvalue weighted by Gasteiger charge is 2.04. The van der Waals surface area contributed by atoms with Crippen molar-refractivity contribution in [1.82, 2.24) is 4.57 Å². The average Bonchev–Trinajstić information content (AvgIpc) is 2.90. The lowest BCUT2D eigenvalue weighted by molar-refractivity contribution is 0.496. The third kappa shape index (κ3) is 1.50. The summed E-state index contributed by atoms with van der Waals surface area (Å²) in [5.74, 6) is 0.647. The van der Waals surface area contributed by atoms with Crippen LogP contribution in [0.2, 0.25) is 0 Å². The Morgan fingerprint density at radius 1 is 1.19 bits per heavy atom. The Morgan fingerprint density at radius 2 is 2.12 bits per heavy atom. The second-order valence-corrected chi connectivity index (χ2v) is 3.73. The van der Waals surface area contributed by atoms with Crippen LogP contribution in [-0.2, 0) is 6.54 Å². The van der Waals surface area contributed by atoms with Crippen LogP contribution in [0.1, 0.15) is 5.76 Å². The molecule has 3 aromatic rings. The van der Waals surface area contributed by atoms with Crippen molar-refractivity contribution in [2.45, 2.75) is 6.54 Å². The van der Waals surface area contributed by atoms with Crippen molar-refractivity contribution in [3.05, 3.63) is 60.4 Å². The molecular formula is C13H10FNO. The van der Waals surface area contributed by atoms with Crippen LogP contribution in [0.25, 0.3) is 10.9 Å². The van der Waals surface area contributed by atoms with Crippen molar-refractivity contribution in [3.63, 3.8) is 0 Å². The van der Waals surface area contributed by atoms with E-state index in [-0.39, 0.29) is 5.82 Å². The quantitative estimate of drug-likeness (QED) is 0.640. The molecule has 0 atom stereocenters. The van der Waals surface area contributed by atoms with Gasteiger partial charge in [-0.2, -0.15) is 0 Å². The van der Waals surface area contributed by atoms with E-state index in [1.165, 1.54) is 12.1 Å². The molecule has 0 N–H and O–H groups in total. The zero-order chi connectivity index (χ0) is 11.0. The fourth-order valence-corrected chi connectivity index (χ4v) is 1.87. The summed E-state index contributed by atoms with van der Waals surface area (Å²) in [4.78, 5) is 0. The van der Waals surface area contributed by atoms with Crippen molar-refractivity contribution in [3.8, 4) is 0 Å². The van der Waals surface area contributed by atoms with Crippen molar-refractivity contribution in [2.24, 2.45) is 0 Å². The molecule has 0 saturated carbocycles. The zero-order valence-corrected chi connectivity index (χ0v) is 8.56. The molecule has 3 rings (SSSR count). The van der Waals surface area contributed by atoms with E-state index >= 15 is 0 Å². The standard InChI is InChI=1S/C13H10FNO/c14-11-4-3-10-5-6-15(13(10)8-11)9-12-2-1-7-16-12/h1-8H,9H2. The molecule has 0 radical (unpaired) electrons. The van der Waals surface area contributed by atoms with Gasteiger partial charge < -0.3 is 8.98 Å². The molecule has 0 bridgehead atoms. The predicted octanol–water partition coefficient (Wildman–Crippen LogP) is 3.42. The van der Waals surface area contributed by atoms with Gasteiger partial charge in [-0.05, 0) is 41.8 Å². The number of fused-ring (bicyclic) bond motifs is 1. The summed E-state index contributed by atoms with van der Waals surface area (Å²) >= 11 is 0. The van der Waals surface area contributed by atoms with E-state index in [1.54, 1.807) is 12.3 Å². The van der Waals surface area contributed by atoms with Crippen LogP contribution >= 0.6 is 0 Å². The highest BCUT2D eigenvalue weighted by Crippen LogP contribution is 2.18. The fourth-order valence-electron chi connectivity index (χ4n) is 1.87. The van der Waals surface area contributed by atoms with E-state index in [0.717, 1.165) is 16.7 Å². The number of aromatic nitrogens is 1. The van der Waals surface area contributed by atoms with Crippen LogP contribution in [0.15, 0.2) is 53.3 Å². The molecule has 0 amide bonds. The lowest BCUT2D eigenvalue weighted by Gasteiger charge is -2.02. The van der Waals surface area contributed by atoms with Gasteiger partial charge in [0, 0.05) is 6.20 Å². The smallest absolute Gasteiger partial charge is 0.125 e. The third-order valence-corrected chi connectivity index (χ3v) is 2.64. The monoisotopic (exact) mass is 215 g/mol. The molecule has 0 fully saturated rings. The average molecular weight is 215 g/mol. The topological polar surface area (TPSA) is 18.1 Å². The molecule has 0 saturated heterocycles. The van der Waals surface area contributed by atoms with E-state index in [4.69, 9.17) is 4.42 Å². The first-order valence-corrected chi connectivity index (χ1v) is 5.10. The number of benzene rings is 1. The number of nitrogens with zero attached hydrogens (tertiary/aromatic N) is 1. The maximum absolute atomic E-state index is 13.1. The molecule has 2 aromatic heterocycles. The maximum atomic E-state index is 13.1. The Labute approximate surface area is 91.9 Å². The minimum absolute atomic E-state index is 0.216. The summed E-state index contributed by atoms with van der Waals surface area (Å²) in [5, 5.41) is 1.04. The van der Waals surface area contributed by atoms with E-state index in [0.29, 0.717) is 6.54 Å². The maximum Gasteiger partial charge on any atom is 0.125 e. The van der Waals surface area contributed by atoms with Crippen molar-refractivity contribution in [2.75, 3.05) is 0 Å². The van der Waals surface area contributed by atoms with Crippen LogP contribution in [0.5, 0.6) is 0 Å². The first kappa shape index (κ1) is 9.21. The molecule has 3 heteroatoms. The summed E-state index contributed by atoms with van der Waals surface area (Å²) in [6.45, 7) is 0.625. The molecule has 0 aliphatic heterocycles. The number of hydrogen-bond acceptors (Lipinski definition) is 1. The van der Waals surface area contributed by atoms with Gasteiger partial charge in [0.2, 0.25) is 0 Å². The first-order valence-electron chi connectivity index (χ1n) is 5.10. The van der Waals surface area contributed by atoms with E-state index in [9.17, 15) is 4.39 Å². The Kier molecular flexibility index (Phi) is 2.03. The highest BCUT2D eigenvalue weighted by atomic mass is 19.1. The Hall–Kier alpha value is -2.03. The second kappa shape index (κ2) is 3.52. The Morgan fingerprint density at radius 3 is 2.94 bits per heavy atom. The van der Waals surface area contributed by atoms with Crippen LogP contribution in [-0.4, -0.2) is 4.57 Å². The molecule has 0 unspecified atom stereocenters. The molecule has 1 aromatic carbocycles. The molecule has 16 heavy (non-hydrogen) atoms. The normalized spacial score (nSPS) is 11.1. The van der Waals surface area contributed by atoms with Gasteiger partial charge in [0.1, 0.15) is 11.6 Å². The van der Waals surface area contributed by atoms with E-state index < -0.39 is 0 Å². The number of hydrogen-bond donors (Lipinski definition) is 0. The van der Waals surface area contributed by atoms with Gasteiger partial charge >= 0.3 is 0 Å². The predicted molar refractivity (Wildman–Crippen MR) is 59.7 cm³/mol. The molecule has 2 nitrogen and oxygen atoms in total. The molecule has 2 heterocycles. The van der Waals surface area contributed by atoms with Gasteiger partial charge in [0.25, 0.3) is 0 Å². The van der Waals surface area contributed by atoms with E-state index in [1.807, 2.05) is 29.0 Å². The van der Waals surface area contributed by atoms with Crippen LogP contribution in [0.4, 0.5) is 4.39 Å². The third-order valence-electron chi connectivity index (χ3n) is 2.64. The molecule has 0 aliphatic carbocycles. The minimum atomic E-state index is -0.216. The van der Waals surface area contributed by atoms with Crippen LogP contribution in [0, 0.1) is 5.82 Å². The van der Waals surface area contributed by atoms with Gasteiger partial charge in [0.05, 0.1) is 18.3 Å². The lowest BCUT2D eigenvalue weighted by atomic mass is 10.2. The Balaban J connectivity index is 2.07. The van der Waals surface area contributed by atoms with Gasteiger partial charge in [-0.1, -0.05) is 0 Å². The minimum Gasteiger partial charge on any atom is -0.467 e. The summed E-state index contributed by atoms with van der Waals surface area (Å²) in [7, 11) is 0. The van der Waals surface area contributed by atoms with Crippen LogP contribution in [0.3, 0.4) is 0 Å². The van der Waals surface area contributed by atoms with Crippen LogP contribution < -0.4 is 0 Å². The van der Waals surface area contributed by atoms with Crippen molar-refractivity contribution in [1.29, 1.82) is 0 Å². The number of furan rings is 1. The Bertz CT molecular complexity index is 610. The summed E-state index contributed by atoms with van der Waals surface area (Å²) in [6.07, 6.45) is 3.58. The largest absolute Gasteiger partial charge is 0.467 e. The summed E-state index contributed by atoms with van der Waals surface area (Å²) in [5.41, 5.74) is 0.886.